The molecule has 0 atom stereocenters. The lowest BCUT2D eigenvalue weighted by atomic mass is 10.1. The molecule has 0 saturated carbocycles. The molecule has 7 rings (SSSR count). The van der Waals surface area contributed by atoms with Crippen LogP contribution in [0.4, 0.5) is 34.1 Å². The summed E-state index contributed by atoms with van der Waals surface area (Å²) < 4.78 is 21.6. The van der Waals surface area contributed by atoms with Crippen LogP contribution in [0.15, 0.2) is 170 Å². The van der Waals surface area contributed by atoms with E-state index in [0.29, 0.717) is 0 Å². The lowest BCUT2D eigenvalue weighted by Gasteiger charge is -2.26. The van der Waals surface area contributed by atoms with Crippen molar-refractivity contribution in [2.24, 2.45) is 0 Å². The van der Waals surface area contributed by atoms with Crippen LogP contribution in [0.5, 0.6) is 23.0 Å². The second-order valence-electron chi connectivity index (χ2n) is 13.0. The SMILES string of the molecule is COc1ccc(N(c2ccc(/C=C/c3cccc(/C=C/c4ccc(N(c5ccc(OC)cc5)c5ccc(OC)cc5)cc4)c3)cc2)c2ccc(OC)cc2)cc1. The number of hydrogen-bond donors (Lipinski definition) is 0. The third kappa shape index (κ3) is 8.95. The van der Waals surface area contributed by atoms with Gasteiger partial charge >= 0.3 is 0 Å². The van der Waals surface area contributed by atoms with Gasteiger partial charge in [0, 0.05) is 34.1 Å². The number of ether oxygens (including phenoxy) is 4. The van der Waals surface area contributed by atoms with Gasteiger partial charge in [0.15, 0.2) is 0 Å². The highest BCUT2D eigenvalue weighted by Crippen LogP contribution is 2.38. The standard InChI is InChI=1S/C50H44N2O4/c1-53-47-28-20-43(21-29-47)51(44-22-30-48(54-2)31-23-44)41-16-12-37(13-17-41)8-10-39-6-5-7-40(36-39)11-9-38-14-18-42(19-15-38)52(45-24-32-49(55-3)33-25-45)46-26-34-50(56-4)35-27-46/h5-36H,1-4H3/b10-8+,11-9+. The first-order valence-electron chi connectivity index (χ1n) is 18.4. The maximum atomic E-state index is 5.40. The minimum Gasteiger partial charge on any atom is -0.497 e. The molecule has 0 aromatic heterocycles. The highest BCUT2D eigenvalue weighted by atomic mass is 16.5. The predicted octanol–water partition coefficient (Wildman–Crippen LogP) is 13.0. The van der Waals surface area contributed by atoms with Crippen molar-refractivity contribution in [3.63, 3.8) is 0 Å². The molecule has 278 valence electrons. The number of nitrogens with zero attached hydrogens (tertiary/aromatic N) is 2. The Hall–Kier alpha value is -7.18. The van der Waals surface area contributed by atoms with Gasteiger partial charge in [0.1, 0.15) is 23.0 Å². The van der Waals surface area contributed by atoms with Crippen molar-refractivity contribution in [2.75, 3.05) is 38.2 Å². The maximum absolute atomic E-state index is 5.40. The van der Waals surface area contributed by atoms with E-state index in [2.05, 4.69) is 155 Å². The smallest absolute Gasteiger partial charge is 0.119 e. The Labute approximate surface area is 329 Å². The fraction of sp³-hybridized carbons (Fsp3) is 0.0800. The summed E-state index contributed by atoms with van der Waals surface area (Å²) in [5, 5.41) is 0. The zero-order valence-electron chi connectivity index (χ0n) is 32.0. The first-order valence-corrected chi connectivity index (χ1v) is 18.4. The number of benzene rings is 7. The largest absolute Gasteiger partial charge is 0.497 e. The van der Waals surface area contributed by atoms with Crippen molar-refractivity contribution in [1.82, 2.24) is 0 Å². The fourth-order valence-electron chi connectivity index (χ4n) is 6.44. The summed E-state index contributed by atoms with van der Waals surface area (Å²) in [6.07, 6.45) is 8.60. The average molecular weight is 737 g/mol. The van der Waals surface area contributed by atoms with E-state index in [1.54, 1.807) is 28.4 Å². The van der Waals surface area contributed by atoms with Gasteiger partial charge in [-0.3, -0.25) is 0 Å². The van der Waals surface area contributed by atoms with Crippen LogP contribution < -0.4 is 28.7 Å². The lowest BCUT2D eigenvalue weighted by molar-refractivity contribution is 0.414. The maximum Gasteiger partial charge on any atom is 0.119 e. The van der Waals surface area contributed by atoms with Gasteiger partial charge in [-0.2, -0.15) is 0 Å². The topological polar surface area (TPSA) is 43.4 Å². The van der Waals surface area contributed by atoms with Gasteiger partial charge in [-0.1, -0.05) is 66.8 Å². The molecule has 0 aliphatic carbocycles. The quantitative estimate of drug-likeness (QED) is 0.104. The number of methoxy groups -OCH3 is 4. The Bertz CT molecular complexity index is 2100. The summed E-state index contributed by atoms with van der Waals surface area (Å²) >= 11 is 0. The van der Waals surface area contributed by atoms with Crippen molar-refractivity contribution in [3.05, 3.63) is 192 Å². The van der Waals surface area contributed by atoms with Gasteiger partial charge in [0.05, 0.1) is 28.4 Å². The summed E-state index contributed by atoms with van der Waals surface area (Å²) in [6, 6.07) is 58.0. The van der Waals surface area contributed by atoms with E-state index in [0.717, 1.165) is 79.4 Å². The Morgan fingerprint density at radius 2 is 0.518 bits per heavy atom. The van der Waals surface area contributed by atoms with E-state index in [-0.39, 0.29) is 0 Å². The summed E-state index contributed by atoms with van der Waals surface area (Å²) in [5.41, 5.74) is 10.7. The van der Waals surface area contributed by atoms with E-state index in [1.165, 1.54) is 0 Å². The minimum absolute atomic E-state index is 0.816. The van der Waals surface area contributed by atoms with Crippen LogP contribution in [-0.4, -0.2) is 28.4 Å². The molecule has 0 heterocycles. The van der Waals surface area contributed by atoms with Gasteiger partial charge in [-0.15, -0.1) is 0 Å². The molecular weight excluding hydrogens is 693 g/mol. The third-order valence-corrected chi connectivity index (χ3v) is 9.47. The fourth-order valence-corrected chi connectivity index (χ4v) is 6.44. The van der Waals surface area contributed by atoms with Crippen LogP contribution in [-0.2, 0) is 0 Å². The third-order valence-electron chi connectivity index (χ3n) is 9.47. The Morgan fingerprint density at radius 3 is 0.768 bits per heavy atom. The highest BCUT2D eigenvalue weighted by Gasteiger charge is 2.14. The average Bonchev–Trinajstić information content (AvgIpc) is 3.27. The van der Waals surface area contributed by atoms with Gasteiger partial charge in [-0.25, -0.2) is 0 Å². The molecule has 7 aromatic rings. The van der Waals surface area contributed by atoms with Crippen LogP contribution in [0.2, 0.25) is 0 Å². The first-order chi connectivity index (χ1) is 27.5. The Balaban J connectivity index is 1.06. The summed E-state index contributed by atoms with van der Waals surface area (Å²) in [4.78, 5) is 4.43. The van der Waals surface area contributed by atoms with Crippen LogP contribution >= 0.6 is 0 Å². The second-order valence-corrected chi connectivity index (χ2v) is 13.0. The summed E-state index contributed by atoms with van der Waals surface area (Å²) in [6.45, 7) is 0. The van der Waals surface area contributed by atoms with E-state index in [4.69, 9.17) is 18.9 Å². The van der Waals surface area contributed by atoms with E-state index >= 15 is 0 Å². The van der Waals surface area contributed by atoms with Gasteiger partial charge in [-0.05, 0) is 150 Å². The second kappa shape index (κ2) is 17.8. The molecule has 0 unspecified atom stereocenters. The molecule has 0 radical (unpaired) electrons. The molecule has 0 bridgehead atoms. The Morgan fingerprint density at radius 1 is 0.286 bits per heavy atom. The molecule has 0 amide bonds. The highest BCUT2D eigenvalue weighted by molar-refractivity contribution is 5.81. The molecule has 0 fully saturated rings. The van der Waals surface area contributed by atoms with Crippen LogP contribution in [0.3, 0.4) is 0 Å². The summed E-state index contributed by atoms with van der Waals surface area (Å²) in [7, 11) is 6.72. The van der Waals surface area contributed by atoms with Crippen LogP contribution in [0.25, 0.3) is 24.3 Å². The van der Waals surface area contributed by atoms with Gasteiger partial charge < -0.3 is 28.7 Å². The number of anilines is 6. The molecule has 6 nitrogen and oxygen atoms in total. The van der Waals surface area contributed by atoms with Crippen LogP contribution in [0, 0.1) is 0 Å². The Kier molecular flexibility index (Phi) is 11.8. The predicted molar refractivity (Wildman–Crippen MR) is 233 cm³/mol. The van der Waals surface area contributed by atoms with Gasteiger partial charge in [0.2, 0.25) is 0 Å². The molecule has 0 saturated heterocycles. The van der Waals surface area contributed by atoms with E-state index in [9.17, 15) is 0 Å². The molecule has 7 aromatic carbocycles. The first kappa shape index (κ1) is 37.1. The molecule has 6 heteroatoms. The molecule has 0 N–H and O–H groups in total. The zero-order valence-corrected chi connectivity index (χ0v) is 32.0. The number of hydrogen-bond acceptors (Lipinski definition) is 6. The monoisotopic (exact) mass is 736 g/mol. The molecule has 0 aliphatic rings. The molecular formula is C50H44N2O4. The van der Waals surface area contributed by atoms with Crippen molar-refractivity contribution in [3.8, 4) is 23.0 Å². The summed E-state index contributed by atoms with van der Waals surface area (Å²) in [5.74, 6) is 3.27. The molecule has 0 spiro atoms. The zero-order chi connectivity index (χ0) is 38.7. The normalized spacial score (nSPS) is 11.1. The van der Waals surface area contributed by atoms with Gasteiger partial charge in [0.25, 0.3) is 0 Å². The van der Waals surface area contributed by atoms with Crippen molar-refractivity contribution >= 4 is 58.4 Å². The molecule has 56 heavy (non-hydrogen) atoms. The van der Waals surface area contributed by atoms with E-state index in [1.807, 2.05) is 48.5 Å². The lowest BCUT2D eigenvalue weighted by Crippen LogP contribution is -2.09. The minimum atomic E-state index is 0.816. The number of rotatable bonds is 14. The molecule has 0 aliphatic heterocycles. The van der Waals surface area contributed by atoms with Crippen molar-refractivity contribution < 1.29 is 18.9 Å². The van der Waals surface area contributed by atoms with E-state index < -0.39 is 0 Å². The van der Waals surface area contributed by atoms with Crippen LogP contribution in [0.1, 0.15) is 22.3 Å². The van der Waals surface area contributed by atoms with Crippen molar-refractivity contribution in [2.45, 2.75) is 0 Å². The van der Waals surface area contributed by atoms with Crippen molar-refractivity contribution in [1.29, 1.82) is 0 Å².